The molecule has 0 radical (unpaired) electrons. The Morgan fingerprint density at radius 2 is 1.57 bits per heavy atom. The molecule has 1 aliphatic rings. The minimum Gasteiger partial charge on any atom is -0.393 e. The number of benzene rings is 2. The summed E-state index contributed by atoms with van der Waals surface area (Å²) in [6.45, 7) is 4.64. The molecule has 3 rings (SSSR count). The van der Waals surface area contributed by atoms with Crippen molar-refractivity contribution in [1.29, 1.82) is 0 Å². The molecule has 0 spiro atoms. The average molecular weight is 330 g/mol. The molecule has 1 saturated carbocycles. The topological polar surface area (TPSA) is 23.5 Å². The number of aliphatic hydroxyl groups excluding tert-OH is 1. The van der Waals surface area contributed by atoms with Gasteiger partial charge >= 0.3 is 0 Å². The average Bonchev–Trinajstić information content (AvgIpc) is 3.31. The van der Waals surface area contributed by atoms with E-state index in [2.05, 4.69) is 41.3 Å². The molecule has 1 aliphatic carbocycles. The second-order valence-corrected chi connectivity index (χ2v) is 7.23. The van der Waals surface area contributed by atoms with Gasteiger partial charge in [-0.25, -0.2) is 0 Å². The maximum Gasteiger partial charge on any atom is 0.0580 e. The molecule has 0 aromatic heterocycles. The molecule has 1 atom stereocenters. The monoisotopic (exact) mass is 329 g/mol. The summed E-state index contributed by atoms with van der Waals surface area (Å²) >= 11 is 5.99. The number of aliphatic hydroxyl groups is 1. The van der Waals surface area contributed by atoms with Crippen molar-refractivity contribution in [2.75, 3.05) is 6.54 Å². The van der Waals surface area contributed by atoms with Crippen molar-refractivity contribution in [3.05, 3.63) is 70.7 Å². The van der Waals surface area contributed by atoms with Gasteiger partial charge in [0.25, 0.3) is 0 Å². The van der Waals surface area contributed by atoms with Gasteiger partial charge in [0.1, 0.15) is 0 Å². The summed E-state index contributed by atoms with van der Waals surface area (Å²) in [6.07, 6.45) is 2.00. The molecule has 2 aromatic rings. The van der Waals surface area contributed by atoms with Crippen molar-refractivity contribution < 1.29 is 5.11 Å². The second kappa shape index (κ2) is 7.04. The highest BCUT2D eigenvalue weighted by molar-refractivity contribution is 6.30. The molecule has 1 fully saturated rings. The van der Waals surface area contributed by atoms with E-state index in [0.717, 1.165) is 37.5 Å². The van der Waals surface area contributed by atoms with Crippen LogP contribution in [0.5, 0.6) is 0 Å². The number of nitrogens with zero attached hydrogens (tertiary/aromatic N) is 1. The van der Waals surface area contributed by atoms with Crippen molar-refractivity contribution >= 4 is 11.6 Å². The Morgan fingerprint density at radius 3 is 2.09 bits per heavy atom. The van der Waals surface area contributed by atoms with Crippen molar-refractivity contribution in [2.24, 2.45) is 5.41 Å². The Bertz CT molecular complexity index is 620. The van der Waals surface area contributed by atoms with Crippen molar-refractivity contribution in [3.63, 3.8) is 0 Å². The van der Waals surface area contributed by atoms with Gasteiger partial charge in [0.2, 0.25) is 0 Å². The molecular formula is C20H24ClNO. The van der Waals surface area contributed by atoms with Crippen LogP contribution in [0.1, 0.15) is 30.9 Å². The Labute approximate surface area is 143 Å². The summed E-state index contributed by atoms with van der Waals surface area (Å²) in [7, 11) is 0. The molecule has 1 N–H and O–H groups in total. The van der Waals surface area contributed by atoms with Crippen LogP contribution in [0.15, 0.2) is 54.6 Å². The van der Waals surface area contributed by atoms with E-state index >= 15 is 0 Å². The lowest BCUT2D eigenvalue weighted by molar-refractivity contribution is 0.0720. The number of halogens is 1. The summed E-state index contributed by atoms with van der Waals surface area (Å²) in [5.74, 6) is 0. The van der Waals surface area contributed by atoms with Crippen LogP contribution in [0.25, 0.3) is 0 Å². The zero-order valence-corrected chi connectivity index (χ0v) is 14.3. The van der Waals surface area contributed by atoms with Gasteiger partial charge in [-0.3, -0.25) is 4.90 Å². The van der Waals surface area contributed by atoms with Gasteiger partial charge < -0.3 is 5.11 Å². The summed E-state index contributed by atoms with van der Waals surface area (Å²) in [5, 5.41) is 10.9. The molecule has 0 saturated heterocycles. The fourth-order valence-electron chi connectivity index (χ4n) is 3.17. The smallest absolute Gasteiger partial charge is 0.0580 e. The summed E-state index contributed by atoms with van der Waals surface area (Å²) in [6, 6.07) is 18.6. The third kappa shape index (κ3) is 4.35. The van der Waals surface area contributed by atoms with E-state index in [1.54, 1.807) is 0 Å². The number of hydrogen-bond donors (Lipinski definition) is 1. The van der Waals surface area contributed by atoms with Crippen LogP contribution in [-0.4, -0.2) is 22.7 Å². The Balaban J connectivity index is 1.74. The first-order chi connectivity index (χ1) is 11.1. The van der Waals surface area contributed by atoms with E-state index in [9.17, 15) is 5.11 Å². The Morgan fingerprint density at radius 1 is 1.00 bits per heavy atom. The van der Waals surface area contributed by atoms with Crippen LogP contribution in [0, 0.1) is 5.41 Å². The van der Waals surface area contributed by atoms with Crippen LogP contribution >= 0.6 is 11.6 Å². The molecule has 2 aromatic carbocycles. The van der Waals surface area contributed by atoms with E-state index < -0.39 is 0 Å². The van der Waals surface area contributed by atoms with E-state index in [-0.39, 0.29) is 11.5 Å². The van der Waals surface area contributed by atoms with E-state index in [1.807, 2.05) is 25.1 Å². The Kier molecular flexibility index (Phi) is 5.05. The molecule has 2 nitrogen and oxygen atoms in total. The van der Waals surface area contributed by atoms with Crippen LogP contribution in [0.4, 0.5) is 0 Å². The molecule has 3 heteroatoms. The number of rotatable bonds is 7. The SMILES string of the molecule is CC(O)C1(CN(Cc2ccccc2)Cc2ccc(Cl)cc2)CC1. The molecule has 1 unspecified atom stereocenters. The van der Waals surface area contributed by atoms with Gasteiger partial charge in [-0.05, 0) is 43.0 Å². The molecular weight excluding hydrogens is 306 g/mol. The normalized spacial score (nSPS) is 17.2. The largest absolute Gasteiger partial charge is 0.393 e. The van der Waals surface area contributed by atoms with Crippen LogP contribution in [0.2, 0.25) is 5.02 Å². The highest BCUT2D eigenvalue weighted by Gasteiger charge is 2.47. The van der Waals surface area contributed by atoms with E-state index in [4.69, 9.17) is 11.6 Å². The third-order valence-corrected chi connectivity index (χ3v) is 5.14. The lowest BCUT2D eigenvalue weighted by Gasteiger charge is -2.29. The zero-order chi connectivity index (χ0) is 16.3. The van der Waals surface area contributed by atoms with Gasteiger partial charge in [-0.15, -0.1) is 0 Å². The molecule has 0 heterocycles. The van der Waals surface area contributed by atoms with Crippen LogP contribution in [-0.2, 0) is 13.1 Å². The quantitative estimate of drug-likeness (QED) is 0.808. The highest BCUT2D eigenvalue weighted by atomic mass is 35.5. The third-order valence-electron chi connectivity index (χ3n) is 4.89. The predicted molar refractivity (Wildman–Crippen MR) is 95.4 cm³/mol. The first-order valence-corrected chi connectivity index (χ1v) is 8.64. The molecule has 0 bridgehead atoms. The minimum absolute atomic E-state index is 0.0845. The van der Waals surface area contributed by atoms with E-state index in [0.29, 0.717) is 0 Å². The summed E-state index contributed by atoms with van der Waals surface area (Å²) < 4.78 is 0. The maximum atomic E-state index is 10.1. The first-order valence-electron chi connectivity index (χ1n) is 8.26. The number of hydrogen-bond acceptors (Lipinski definition) is 2. The summed E-state index contributed by atoms with van der Waals surface area (Å²) in [5.41, 5.74) is 2.65. The molecule has 122 valence electrons. The van der Waals surface area contributed by atoms with E-state index in [1.165, 1.54) is 11.1 Å². The fourth-order valence-corrected chi connectivity index (χ4v) is 3.30. The lowest BCUT2D eigenvalue weighted by atomic mass is 9.99. The first kappa shape index (κ1) is 16.5. The maximum absolute atomic E-state index is 10.1. The van der Waals surface area contributed by atoms with Gasteiger partial charge in [0.15, 0.2) is 0 Å². The zero-order valence-electron chi connectivity index (χ0n) is 13.6. The van der Waals surface area contributed by atoms with Crippen LogP contribution in [0.3, 0.4) is 0 Å². The Hall–Kier alpha value is -1.35. The minimum atomic E-state index is -0.244. The second-order valence-electron chi connectivity index (χ2n) is 6.80. The summed E-state index contributed by atoms with van der Waals surface area (Å²) in [4.78, 5) is 2.44. The fraction of sp³-hybridized carbons (Fsp3) is 0.400. The van der Waals surface area contributed by atoms with Gasteiger partial charge in [0.05, 0.1) is 6.10 Å². The predicted octanol–water partition coefficient (Wildman–Crippen LogP) is 4.50. The lowest BCUT2D eigenvalue weighted by Crippen LogP contribution is -2.35. The van der Waals surface area contributed by atoms with Gasteiger partial charge in [-0.2, -0.15) is 0 Å². The van der Waals surface area contributed by atoms with Crippen LogP contribution < -0.4 is 0 Å². The van der Waals surface area contributed by atoms with Gasteiger partial charge in [-0.1, -0.05) is 54.1 Å². The molecule has 0 amide bonds. The van der Waals surface area contributed by atoms with Crippen molar-refractivity contribution in [3.8, 4) is 0 Å². The molecule has 0 aliphatic heterocycles. The van der Waals surface area contributed by atoms with Crippen molar-refractivity contribution in [2.45, 2.75) is 39.0 Å². The highest BCUT2D eigenvalue weighted by Crippen LogP contribution is 2.49. The van der Waals surface area contributed by atoms with Gasteiger partial charge in [0, 0.05) is 30.1 Å². The molecule has 23 heavy (non-hydrogen) atoms. The van der Waals surface area contributed by atoms with Crippen molar-refractivity contribution in [1.82, 2.24) is 4.90 Å². The standard InChI is InChI=1S/C20H24ClNO/c1-16(23)20(11-12-20)15-22(13-17-5-3-2-4-6-17)14-18-7-9-19(21)10-8-18/h2-10,16,23H,11-15H2,1H3.